The zero-order valence-corrected chi connectivity index (χ0v) is 8.67. The van der Waals surface area contributed by atoms with Gasteiger partial charge in [0.1, 0.15) is 5.75 Å². The Morgan fingerprint density at radius 3 is 2.71 bits per heavy atom. The molecule has 1 aromatic rings. The van der Waals surface area contributed by atoms with E-state index in [1.807, 2.05) is 0 Å². The number of nitrogens with one attached hydrogen (secondary N) is 1. The van der Waals surface area contributed by atoms with Crippen LogP contribution in [0.25, 0.3) is 0 Å². The summed E-state index contributed by atoms with van der Waals surface area (Å²) in [7, 11) is 3.38. The van der Waals surface area contributed by atoms with Gasteiger partial charge in [-0.1, -0.05) is 11.6 Å². The van der Waals surface area contributed by atoms with E-state index < -0.39 is 0 Å². The highest BCUT2D eigenvalue weighted by molar-refractivity contribution is 6.33. The molecule has 0 heterocycles. The molecule has 0 atom stereocenters. The molecule has 76 valence electrons. The van der Waals surface area contributed by atoms with Crippen molar-refractivity contribution in [2.45, 2.75) is 0 Å². The number of nitrogens with zero attached hydrogens (tertiary/aromatic N) is 1. The van der Waals surface area contributed by atoms with Gasteiger partial charge < -0.3 is 5.11 Å². The number of hydrogen-bond acceptors (Lipinski definition) is 3. The van der Waals surface area contributed by atoms with E-state index in [-0.39, 0.29) is 17.2 Å². The monoisotopic (exact) mass is 214 g/mol. The smallest absolute Gasteiger partial charge is 0.267 e. The summed E-state index contributed by atoms with van der Waals surface area (Å²) in [6.07, 6.45) is 0. The van der Waals surface area contributed by atoms with Crippen LogP contribution in [0.2, 0.25) is 5.02 Å². The molecule has 0 aliphatic carbocycles. The van der Waals surface area contributed by atoms with Crippen molar-refractivity contribution >= 4 is 17.5 Å². The second-order valence-corrected chi connectivity index (χ2v) is 3.41. The molecule has 0 unspecified atom stereocenters. The normalized spacial score (nSPS) is 10.3. The van der Waals surface area contributed by atoms with Crippen LogP contribution in [0.3, 0.4) is 0 Å². The third-order valence-corrected chi connectivity index (χ3v) is 1.85. The fourth-order valence-corrected chi connectivity index (χ4v) is 1.15. The van der Waals surface area contributed by atoms with Crippen LogP contribution in [0.5, 0.6) is 5.75 Å². The summed E-state index contributed by atoms with van der Waals surface area (Å²) in [4.78, 5) is 11.5. The van der Waals surface area contributed by atoms with Crippen LogP contribution in [0.4, 0.5) is 0 Å². The maximum absolute atomic E-state index is 11.5. The van der Waals surface area contributed by atoms with Crippen LogP contribution in [0, 0.1) is 0 Å². The van der Waals surface area contributed by atoms with Gasteiger partial charge in [-0.25, -0.2) is 5.01 Å². The molecule has 2 N–H and O–H groups in total. The summed E-state index contributed by atoms with van der Waals surface area (Å²) in [5.41, 5.74) is 2.78. The Bertz CT molecular complexity index is 353. The van der Waals surface area contributed by atoms with Gasteiger partial charge in [0.25, 0.3) is 5.91 Å². The van der Waals surface area contributed by atoms with Crippen molar-refractivity contribution < 1.29 is 9.90 Å². The van der Waals surface area contributed by atoms with E-state index in [1.165, 1.54) is 23.2 Å². The number of hydrazine groups is 1. The third kappa shape index (κ3) is 2.61. The van der Waals surface area contributed by atoms with Crippen LogP contribution in [-0.2, 0) is 0 Å². The Labute approximate surface area is 87.1 Å². The van der Waals surface area contributed by atoms with E-state index in [0.717, 1.165) is 0 Å². The molecule has 0 fully saturated rings. The first-order valence-corrected chi connectivity index (χ1v) is 4.35. The molecule has 1 amide bonds. The SMILES string of the molecule is CN(C)NC(=O)c1cc(O)ccc1Cl. The number of phenols is 1. The van der Waals surface area contributed by atoms with Crippen LogP contribution in [-0.4, -0.2) is 30.1 Å². The summed E-state index contributed by atoms with van der Waals surface area (Å²) < 4.78 is 0. The van der Waals surface area contributed by atoms with E-state index >= 15 is 0 Å². The Morgan fingerprint density at radius 1 is 1.50 bits per heavy atom. The van der Waals surface area contributed by atoms with Crippen molar-refractivity contribution in [1.82, 2.24) is 10.4 Å². The van der Waals surface area contributed by atoms with Crippen LogP contribution in [0.1, 0.15) is 10.4 Å². The minimum Gasteiger partial charge on any atom is -0.508 e. The lowest BCUT2D eigenvalue weighted by Gasteiger charge is -2.12. The fraction of sp³-hybridized carbons (Fsp3) is 0.222. The molecule has 0 bridgehead atoms. The predicted octanol–water partition coefficient (Wildman–Crippen LogP) is 1.25. The molecular formula is C9H11ClN2O2. The summed E-state index contributed by atoms with van der Waals surface area (Å²) in [5.74, 6) is -0.339. The van der Waals surface area contributed by atoms with Crippen molar-refractivity contribution in [3.8, 4) is 5.75 Å². The lowest BCUT2D eigenvalue weighted by atomic mass is 10.2. The molecule has 1 rings (SSSR count). The van der Waals surface area contributed by atoms with Gasteiger partial charge in [-0.05, 0) is 18.2 Å². The third-order valence-electron chi connectivity index (χ3n) is 1.52. The van der Waals surface area contributed by atoms with E-state index in [0.29, 0.717) is 5.02 Å². The van der Waals surface area contributed by atoms with Gasteiger partial charge in [0.05, 0.1) is 10.6 Å². The Kier molecular flexibility index (Phi) is 3.33. The highest BCUT2D eigenvalue weighted by Crippen LogP contribution is 2.20. The molecule has 1 aromatic carbocycles. The molecule has 0 aromatic heterocycles. The predicted molar refractivity (Wildman–Crippen MR) is 54.3 cm³/mol. The number of hydrogen-bond donors (Lipinski definition) is 2. The lowest BCUT2D eigenvalue weighted by Crippen LogP contribution is -2.36. The van der Waals surface area contributed by atoms with E-state index in [2.05, 4.69) is 5.43 Å². The van der Waals surface area contributed by atoms with Crippen molar-refractivity contribution in [2.75, 3.05) is 14.1 Å². The summed E-state index contributed by atoms with van der Waals surface area (Å²) >= 11 is 5.78. The van der Waals surface area contributed by atoms with Crippen LogP contribution >= 0.6 is 11.6 Å². The average Bonchev–Trinajstić information content (AvgIpc) is 2.08. The minimum absolute atomic E-state index is 0.0123. The van der Waals surface area contributed by atoms with Gasteiger partial charge in [-0.15, -0.1) is 0 Å². The van der Waals surface area contributed by atoms with Gasteiger partial charge in [-0.3, -0.25) is 10.2 Å². The number of benzene rings is 1. The summed E-state index contributed by atoms with van der Waals surface area (Å²) in [6.45, 7) is 0. The number of amides is 1. The molecular weight excluding hydrogens is 204 g/mol. The Balaban J connectivity index is 2.94. The highest BCUT2D eigenvalue weighted by atomic mass is 35.5. The fourth-order valence-electron chi connectivity index (χ4n) is 0.951. The van der Waals surface area contributed by atoms with E-state index in [1.54, 1.807) is 14.1 Å². The lowest BCUT2D eigenvalue weighted by molar-refractivity contribution is 0.0856. The first-order chi connectivity index (χ1) is 6.50. The molecule has 0 aliphatic rings. The minimum atomic E-state index is -0.351. The molecule has 0 saturated carbocycles. The van der Waals surface area contributed by atoms with Gasteiger partial charge in [0.2, 0.25) is 0 Å². The number of carbonyl (C=O) groups excluding carboxylic acids is 1. The molecule has 14 heavy (non-hydrogen) atoms. The zero-order valence-electron chi connectivity index (χ0n) is 7.91. The maximum atomic E-state index is 11.5. The van der Waals surface area contributed by atoms with Gasteiger partial charge >= 0.3 is 0 Å². The molecule has 5 heteroatoms. The van der Waals surface area contributed by atoms with Gasteiger partial charge in [0.15, 0.2) is 0 Å². The maximum Gasteiger partial charge on any atom is 0.267 e. The van der Waals surface area contributed by atoms with E-state index in [4.69, 9.17) is 16.7 Å². The zero-order chi connectivity index (χ0) is 10.7. The van der Waals surface area contributed by atoms with Gasteiger partial charge in [0, 0.05) is 14.1 Å². The number of phenolic OH excluding ortho intramolecular Hbond substituents is 1. The molecule has 0 aliphatic heterocycles. The number of halogens is 1. The second kappa shape index (κ2) is 4.30. The standard InChI is InChI=1S/C9H11ClN2O2/c1-12(2)11-9(14)7-5-6(13)3-4-8(7)10/h3-5,13H,1-2H3,(H,11,14). The topological polar surface area (TPSA) is 52.6 Å². The Hall–Kier alpha value is -1.26. The highest BCUT2D eigenvalue weighted by Gasteiger charge is 2.11. The molecule has 0 radical (unpaired) electrons. The largest absolute Gasteiger partial charge is 0.508 e. The average molecular weight is 215 g/mol. The Morgan fingerprint density at radius 2 is 2.14 bits per heavy atom. The first-order valence-electron chi connectivity index (χ1n) is 3.97. The molecule has 0 spiro atoms. The second-order valence-electron chi connectivity index (χ2n) is 3.00. The van der Waals surface area contributed by atoms with Crippen LogP contribution < -0.4 is 5.43 Å². The van der Waals surface area contributed by atoms with E-state index in [9.17, 15) is 4.79 Å². The summed E-state index contributed by atoms with van der Waals surface area (Å²) in [5, 5.41) is 11.0. The van der Waals surface area contributed by atoms with Crippen molar-refractivity contribution in [1.29, 1.82) is 0 Å². The molecule has 4 nitrogen and oxygen atoms in total. The quantitative estimate of drug-likeness (QED) is 0.729. The first kappa shape index (κ1) is 10.8. The number of rotatable bonds is 2. The van der Waals surface area contributed by atoms with Crippen molar-refractivity contribution in [3.05, 3.63) is 28.8 Å². The van der Waals surface area contributed by atoms with Crippen LogP contribution in [0.15, 0.2) is 18.2 Å². The number of aromatic hydroxyl groups is 1. The summed E-state index contributed by atoms with van der Waals surface area (Å²) in [6, 6.07) is 4.22. The number of carbonyl (C=O) groups is 1. The van der Waals surface area contributed by atoms with Crippen molar-refractivity contribution in [3.63, 3.8) is 0 Å². The van der Waals surface area contributed by atoms with Gasteiger partial charge in [-0.2, -0.15) is 0 Å². The molecule has 0 saturated heterocycles. The van der Waals surface area contributed by atoms with Crippen molar-refractivity contribution in [2.24, 2.45) is 0 Å².